The first-order valence-corrected chi connectivity index (χ1v) is 6.34. The van der Waals surface area contributed by atoms with Crippen molar-refractivity contribution in [3.05, 3.63) is 29.3 Å². The lowest BCUT2D eigenvalue weighted by molar-refractivity contribution is -0.140. The number of carboxylic acid groups (broad SMARTS) is 1. The van der Waals surface area contributed by atoms with Gasteiger partial charge in [0.1, 0.15) is 6.07 Å². The number of anilines is 1. The molecule has 0 radical (unpaired) electrons. The Bertz CT molecular complexity index is 628. The Morgan fingerprint density at radius 3 is 2.50 bits per heavy atom. The van der Waals surface area contributed by atoms with Crippen LogP contribution >= 0.6 is 0 Å². The molecule has 0 bridgehead atoms. The molecule has 0 aromatic heterocycles. The molecule has 20 heavy (non-hydrogen) atoms. The lowest BCUT2D eigenvalue weighted by atomic mass is 10.1. The summed E-state index contributed by atoms with van der Waals surface area (Å²) in [6.45, 7) is 5.31. The smallest absolute Gasteiger partial charge is 0.307 e. The zero-order valence-electron chi connectivity index (χ0n) is 11.6. The van der Waals surface area contributed by atoms with Gasteiger partial charge in [-0.3, -0.25) is 9.59 Å². The van der Waals surface area contributed by atoms with Crippen LogP contribution in [0.4, 0.5) is 5.69 Å². The summed E-state index contributed by atoms with van der Waals surface area (Å²) in [5.74, 6) is -2.53. The summed E-state index contributed by atoms with van der Waals surface area (Å²) in [4.78, 5) is 23.3. The first kappa shape index (κ1) is 14.1. The van der Waals surface area contributed by atoms with Gasteiger partial charge in [-0.2, -0.15) is 5.26 Å². The molecule has 1 amide bonds. The minimum atomic E-state index is -0.958. The molecule has 1 aliphatic carbocycles. The maximum absolute atomic E-state index is 12.2. The third kappa shape index (κ3) is 2.14. The van der Waals surface area contributed by atoms with Crippen molar-refractivity contribution in [2.45, 2.75) is 20.8 Å². The van der Waals surface area contributed by atoms with Crippen LogP contribution in [-0.4, -0.2) is 17.0 Å². The second-order valence-electron chi connectivity index (χ2n) is 5.71. The fraction of sp³-hybridized carbons (Fsp3) is 0.400. The second kappa shape index (κ2) is 4.64. The molecule has 2 rings (SSSR count). The van der Waals surface area contributed by atoms with E-state index in [1.54, 1.807) is 39.0 Å². The molecule has 2 atom stereocenters. The maximum atomic E-state index is 12.2. The number of aliphatic carboxylic acids is 1. The summed E-state index contributed by atoms with van der Waals surface area (Å²) < 4.78 is 0. The van der Waals surface area contributed by atoms with E-state index in [0.717, 1.165) is 5.56 Å². The van der Waals surface area contributed by atoms with Crippen molar-refractivity contribution in [2.24, 2.45) is 17.3 Å². The zero-order chi connectivity index (χ0) is 15.1. The van der Waals surface area contributed by atoms with Crippen LogP contribution in [0.5, 0.6) is 0 Å². The van der Waals surface area contributed by atoms with E-state index in [4.69, 9.17) is 10.4 Å². The Balaban J connectivity index is 2.21. The molecule has 1 fully saturated rings. The highest BCUT2D eigenvalue weighted by Crippen LogP contribution is 2.58. The molecule has 1 aromatic carbocycles. The van der Waals surface area contributed by atoms with Gasteiger partial charge in [0.15, 0.2) is 0 Å². The summed E-state index contributed by atoms with van der Waals surface area (Å²) in [5.41, 5.74) is 1.07. The van der Waals surface area contributed by atoms with Crippen molar-refractivity contribution in [1.82, 2.24) is 0 Å². The molecule has 1 aromatic rings. The molecule has 104 valence electrons. The Morgan fingerprint density at radius 1 is 1.35 bits per heavy atom. The number of amides is 1. The summed E-state index contributed by atoms with van der Waals surface area (Å²) in [7, 11) is 0. The predicted octanol–water partition coefficient (Wildman–Crippen LogP) is 2.16. The summed E-state index contributed by atoms with van der Waals surface area (Å²) in [6.07, 6.45) is 0. The first-order valence-electron chi connectivity index (χ1n) is 6.34. The monoisotopic (exact) mass is 272 g/mol. The van der Waals surface area contributed by atoms with Crippen molar-refractivity contribution in [2.75, 3.05) is 5.32 Å². The van der Waals surface area contributed by atoms with E-state index in [0.29, 0.717) is 11.3 Å². The lowest BCUT2D eigenvalue weighted by Crippen LogP contribution is -2.18. The number of rotatable bonds is 3. The largest absolute Gasteiger partial charge is 0.481 e. The van der Waals surface area contributed by atoms with Crippen LogP contribution in [0.1, 0.15) is 25.0 Å². The summed E-state index contributed by atoms with van der Waals surface area (Å²) in [6, 6.07) is 7.24. The predicted molar refractivity (Wildman–Crippen MR) is 72.9 cm³/mol. The number of nitrogens with zero attached hydrogens (tertiary/aromatic N) is 1. The van der Waals surface area contributed by atoms with Gasteiger partial charge in [-0.05, 0) is 24.0 Å². The zero-order valence-corrected chi connectivity index (χ0v) is 11.6. The standard InChI is InChI=1S/C15H16N2O3/c1-8-5-4-6-10(9(8)7-16)17-13(18)11-12(14(19)20)15(11,2)3/h4-6,11-12H,1-3H3,(H,17,18)(H,19,20). The molecule has 0 aliphatic heterocycles. The fourth-order valence-electron chi connectivity index (χ4n) is 2.72. The number of carbonyl (C=O) groups is 2. The van der Waals surface area contributed by atoms with E-state index in [9.17, 15) is 9.59 Å². The van der Waals surface area contributed by atoms with Gasteiger partial charge in [0.2, 0.25) is 5.91 Å². The Morgan fingerprint density at radius 2 is 2.00 bits per heavy atom. The molecule has 5 nitrogen and oxygen atoms in total. The quantitative estimate of drug-likeness (QED) is 0.882. The van der Waals surface area contributed by atoms with Crippen molar-refractivity contribution in [3.63, 3.8) is 0 Å². The van der Waals surface area contributed by atoms with Crippen LogP contribution in [0, 0.1) is 35.5 Å². The highest BCUT2D eigenvalue weighted by Gasteiger charge is 2.65. The third-order valence-corrected chi connectivity index (χ3v) is 4.02. The Kier molecular flexibility index (Phi) is 3.26. The van der Waals surface area contributed by atoms with Gasteiger partial charge in [0.25, 0.3) is 0 Å². The molecule has 2 unspecified atom stereocenters. The van der Waals surface area contributed by atoms with Crippen LogP contribution in [-0.2, 0) is 9.59 Å². The number of nitrogens with one attached hydrogen (secondary N) is 1. The number of hydrogen-bond donors (Lipinski definition) is 2. The van der Waals surface area contributed by atoms with Crippen LogP contribution in [0.3, 0.4) is 0 Å². The molecule has 0 saturated heterocycles. The number of aryl methyl sites for hydroxylation is 1. The van der Waals surface area contributed by atoms with Crippen molar-refractivity contribution in [3.8, 4) is 6.07 Å². The van der Waals surface area contributed by atoms with E-state index >= 15 is 0 Å². The molecule has 1 aliphatic rings. The SMILES string of the molecule is Cc1cccc(NC(=O)C2C(C(=O)O)C2(C)C)c1C#N. The molecular formula is C15H16N2O3. The van der Waals surface area contributed by atoms with E-state index < -0.39 is 23.2 Å². The average Bonchev–Trinajstić information content (AvgIpc) is 2.93. The first-order chi connectivity index (χ1) is 9.30. The Hall–Kier alpha value is -2.35. The van der Waals surface area contributed by atoms with Crippen LogP contribution < -0.4 is 5.32 Å². The van der Waals surface area contributed by atoms with Gasteiger partial charge in [-0.25, -0.2) is 0 Å². The maximum Gasteiger partial charge on any atom is 0.307 e. The van der Waals surface area contributed by atoms with Crippen LogP contribution in [0.15, 0.2) is 18.2 Å². The van der Waals surface area contributed by atoms with E-state index in [2.05, 4.69) is 11.4 Å². The van der Waals surface area contributed by atoms with Gasteiger partial charge in [0, 0.05) is 0 Å². The molecule has 1 saturated carbocycles. The van der Waals surface area contributed by atoms with E-state index in [1.165, 1.54) is 0 Å². The number of nitriles is 1. The van der Waals surface area contributed by atoms with Crippen molar-refractivity contribution in [1.29, 1.82) is 5.26 Å². The molecule has 5 heteroatoms. The minimum absolute atomic E-state index is 0.343. The van der Waals surface area contributed by atoms with Gasteiger partial charge in [-0.1, -0.05) is 26.0 Å². The molecular weight excluding hydrogens is 256 g/mol. The van der Waals surface area contributed by atoms with E-state index in [1.807, 2.05) is 0 Å². The highest BCUT2D eigenvalue weighted by molar-refractivity contribution is 6.00. The summed E-state index contributed by atoms with van der Waals surface area (Å²) >= 11 is 0. The van der Waals surface area contributed by atoms with Gasteiger partial charge in [0.05, 0.1) is 23.1 Å². The van der Waals surface area contributed by atoms with Gasteiger partial charge < -0.3 is 10.4 Å². The normalized spacial score (nSPS) is 22.7. The second-order valence-corrected chi connectivity index (χ2v) is 5.71. The number of carboxylic acids is 1. The molecule has 0 spiro atoms. The number of hydrogen-bond acceptors (Lipinski definition) is 3. The topological polar surface area (TPSA) is 90.2 Å². The Labute approximate surface area is 117 Å². The van der Waals surface area contributed by atoms with E-state index in [-0.39, 0.29) is 5.91 Å². The van der Waals surface area contributed by atoms with Gasteiger partial charge >= 0.3 is 5.97 Å². The van der Waals surface area contributed by atoms with Crippen molar-refractivity contribution >= 4 is 17.6 Å². The fourth-order valence-corrected chi connectivity index (χ4v) is 2.72. The number of carbonyl (C=O) groups excluding carboxylic acids is 1. The van der Waals surface area contributed by atoms with Crippen LogP contribution in [0.25, 0.3) is 0 Å². The lowest BCUT2D eigenvalue weighted by Gasteiger charge is -2.09. The third-order valence-electron chi connectivity index (χ3n) is 4.02. The van der Waals surface area contributed by atoms with Crippen molar-refractivity contribution < 1.29 is 14.7 Å². The van der Waals surface area contributed by atoms with Gasteiger partial charge in [-0.15, -0.1) is 0 Å². The average molecular weight is 272 g/mol. The minimum Gasteiger partial charge on any atom is -0.481 e. The molecule has 0 heterocycles. The number of benzene rings is 1. The molecule has 2 N–H and O–H groups in total. The van der Waals surface area contributed by atoms with Crippen LogP contribution in [0.2, 0.25) is 0 Å². The summed E-state index contributed by atoms with van der Waals surface area (Å²) in [5, 5.41) is 20.9. The highest BCUT2D eigenvalue weighted by atomic mass is 16.4.